The Balaban J connectivity index is 1.71. The first kappa shape index (κ1) is 13.4. The minimum absolute atomic E-state index is 0.465. The highest BCUT2D eigenvalue weighted by Crippen LogP contribution is 2.24. The second-order valence-electron chi connectivity index (χ2n) is 5.44. The van der Waals surface area contributed by atoms with E-state index in [1.54, 1.807) is 0 Å². The van der Waals surface area contributed by atoms with E-state index < -0.39 is 0 Å². The number of rotatable bonds is 5. The second-order valence-corrected chi connectivity index (χ2v) is 5.44. The molecule has 0 aliphatic heterocycles. The van der Waals surface area contributed by atoms with Gasteiger partial charge in [0, 0.05) is 12.6 Å². The first-order valence-electron chi connectivity index (χ1n) is 7.30. The van der Waals surface area contributed by atoms with Crippen LogP contribution in [0.15, 0.2) is 42.5 Å². The Morgan fingerprint density at radius 2 is 1.89 bits per heavy atom. The number of nitrogens with one attached hydrogen (secondary N) is 1. The van der Waals surface area contributed by atoms with Crippen molar-refractivity contribution in [1.82, 2.24) is 5.32 Å². The van der Waals surface area contributed by atoms with Gasteiger partial charge in [0.2, 0.25) is 0 Å². The first-order chi connectivity index (χ1) is 8.84. The summed E-state index contributed by atoms with van der Waals surface area (Å²) in [4.78, 5) is 0. The zero-order valence-corrected chi connectivity index (χ0v) is 11.4. The first-order valence-corrected chi connectivity index (χ1v) is 7.30. The fraction of sp³-hybridized carbons (Fsp3) is 0.529. The molecule has 0 radical (unpaired) electrons. The third-order valence-corrected chi connectivity index (χ3v) is 3.79. The molecule has 0 heterocycles. The molecule has 1 heteroatoms. The maximum Gasteiger partial charge on any atom is 0.0224 e. The number of allylic oxidation sites excluding steroid dienone is 1. The molecule has 0 aromatic heterocycles. The quantitative estimate of drug-likeness (QED) is 0.760. The van der Waals surface area contributed by atoms with Gasteiger partial charge in [-0.2, -0.15) is 0 Å². The molecule has 1 aliphatic rings. The Labute approximate surface area is 111 Å². The molecule has 0 bridgehead atoms. The molecule has 1 nitrogen and oxygen atoms in total. The van der Waals surface area contributed by atoms with Gasteiger partial charge in [0.1, 0.15) is 0 Å². The topological polar surface area (TPSA) is 12.0 Å². The predicted octanol–water partition coefficient (Wildman–Crippen LogP) is 4.30. The van der Waals surface area contributed by atoms with Crippen LogP contribution in [0.3, 0.4) is 0 Å². The zero-order valence-electron chi connectivity index (χ0n) is 11.4. The van der Waals surface area contributed by atoms with Gasteiger partial charge in [0.05, 0.1) is 0 Å². The summed E-state index contributed by atoms with van der Waals surface area (Å²) in [6, 6.07) is 11.1. The van der Waals surface area contributed by atoms with Crippen molar-refractivity contribution in [3.05, 3.63) is 48.0 Å². The van der Waals surface area contributed by atoms with E-state index >= 15 is 0 Å². The van der Waals surface area contributed by atoms with Gasteiger partial charge < -0.3 is 5.32 Å². The van der Waals surface area contributed by atoms with Crippen molar-refractivity contribution in [1.29, 1.82) is 0 Å². The van der Waals surface area contributed by atoms with Gasteiger partial charge in [-0.25, -0.2) is 0 Å². The Morgan fingerprint density at radius 1 is 1.17 bits per heavy atom. The molecule has 1 unspecified atom stereocenters. The highest BCUT2D eigenvalue weighted by atomic mass is 14.9. The number of benzene rings is 1. The van der Waals surface area contributed by atoms with E-state index in [0.29, 0.717) is 6.04 Å². The molecule has 1 aliphatic carbocycles. The van der Waals surface area contributed by atoms with E-state index in [4.69, 9.17) is 0 Å². The van der Waals surface area contributed by atoms with Crippen LogP contribution in [0, 0.1) is 5.92 Å². The summed E-state index contributed by atoms with van der Waals surface area (Å²) in [5, 5.41) is 3.55. The third-order valence-electron chi connectivity index (χ3n) is 3.79. The Hall–Kier alpha value is -1.08. The maximum absolute atomic E-state index is 3.55. The molecule has 0 amide bonds. The van der Waals surface area contributed by atoms with Gasteiger partial charge in [-0.05, 0) is 31.2 Å². The SMILES string of the molecule is CC(/C=C/C1CCCCC1)NCc1ccccc1. The minimum Gasteiger partial charge on any atom is -0.307 e. The third kappa shape index (κ3) is 4.66. The van der Waals surface area contributed by atoms with Gasteiger partial charge in [-0.15, -0.1) is 0 Å². The lowest BCUT2D eigenvalue weighted by Gasteiger charge is -2.18. The Morgan fingerprint density at radius 3 is 2.61 bits per heavy atom. The van der Waals surface area contributed by atoms with Crippen LogP contribution in [-0.2, 0) is 6.54 Å². The van der Waals surface area contributed by atoms with Gasteiger partial charge in [0.25, 0.3) is 0 Å². The van der Waals surface area contributed by atoms with Crippen LogP contribution in [0.25, 0.3) is 0 Å². The fourth-order valence-electron chi connectivity index (χ4n) is 2.59. The van der Waals surface area contributed by atoms with Crippen LogP contribution < -0.4 is 5.32 Å². The average molecular weight is 243 g/mol. The van der Waals surface area contributed by atoms with E-state index in [-0.39, 0.29) is 0 Å². The summed E-state index contributed by atoms with van der Waals surface area (Å²) < 4.78 is 0. The molecule has 1 atom stereocenters. The predicted molar refractivity (Wildman–Crippen MR) is 78.5 cm³/mol. The molecule has 0 spiro atoms. The van der Waals surface area contributed by atoms with Crippen molar-refractivity contribution in [3.63, 3.8) is 0 Å². The smallest absolute Gasteiger partial charge is 0.0224 e. The van der Waals surface area contributed by atoms with Gasteiger partial charge in [0.15, 0.2) is 0 Å². The summed E-state index contributed by atoms with van der Waals surface area (Å²) in [6.07, 6.45) is 11.8. The van der Waals surface area contributed by atoms with Crippen molar-refractivity contribution in [2.75, 3.05) is 0 Å². The lowest BCUT2D eigenvalue weighted by atomic mass is 9.89. The minimum atomic E-state index is 0.465. The molecule has 1 fully saturated rings. The van der Waals surface area contributed by atoms with E-state index in [0.717, 1.165) is 12.5 Å². The number of hydrogen-bond acceptors (Lipinski definition) is 1. The standard InChI is InChI=1S/C17H25N/c1-15(12-13-16-8-4-2-5-9-16)18-14-17-10-6-3-7-11-17/h3,6-7,10-13,15-16,18H,2,4-5,8-9,14H2,1H3/b13-12+. The molecular formula is C17H25N. The van der Waals surface area contributed by atoms with E-state index in [2.05, 4.69) is 54.7 Å². The maximum atomic E-state index is 3.55. The molecule has 0 saturated heterocycles. The summed E-state index contributed by atoms with van der Waals surface area (Å²) >= 11 is 0. The summed E-state index contributed by atoms with van der Waals surface area (Å²) in [5.41, 5.74) is 1.36. The summed E-state index contributed by atoms with van der Waals surface area (Å²) in [7, 11) is 0. The van der Waals surface area contributed by atoms with Crippen LogP contribution in [0.4, 0.5) is 0 Å². The lowest BCUT2D eigenvalue weighted by molar-refractivity contribution is 0.417. The van der Waals surface area contributed by atoms with E-state index in [9.17, 15) is 0 Å². The van der Waals surface area contributed by atoms with Crippen LogP contribution in [0.2, 0.25) is 0 Å². The molecule has 1 saturated carbocycles. The summed E-state index contributed by atoms with van der Waals surface area (Å²) in [6.45, 7) is 3.19. The highest BCUT2D eigenvalue weighted by Gasteiger charge is 2.09. The van der Waals surface area contributed by atoms with Gasteiger partial charge in [-0.3, -0.25) is 0 Å². The molecular weight excluding hydrogens is 218 g/mol. The molecule has 1 N–H and O–H groups in total. The van der Waals surface area contributed by atoms with Crippen molar-refractivity contribution >= 4 is 0 Å². The summed E-state index contributed by atoms with van der Waals surface area (Å²) in [5.74, 6) is 0.833. The van der Waals surface area contributed by atoms with Crippen LogP contribution in [0.5, 0.6) is 0 Å². The molecule has 1 aromatic rings. The number of hydrogen-bond donors (Lipinski definition) is 1. The normalized spacial score (nSPS) is 19.2. The average Bonchev–Trinajstić information content (AvgIpc) is 2.45. The van der Waals surface area contributed by atoms with Crippen molar-refractivity contribution in [3.8, 4) is 0 Å². The molecule has 18 heavy (non-hydrogen) atoms. The zero-order chi connectivity index (χ0) is 12.6. The Bertz CT molecular complexity index is 349. The molecule has 1 aromatic carbocycles. The molecule has 2 rings (SSSR count). The van der Waals surface area contributed by atoms with E-state index in [1.165, 1.54) is 37.7 Å². The van der Waals surface area contributed by atoms with Crippen LogP contribution >= 0.6 is 0 Å². The second kappa shape index (κ2) is 7.38. The van der Waals surface area contributed by atoms with Gasteiger partial charge in [-0.1, -0.05) is 61.7 Å². The fourth-order valence-corrected chi connectivity index (χ4v) is 2.59. The Kier molecular flexibility index (Phi) is 5.47. The van der Waals surface area contributed by atoms with E-state index in [1.807, 2.05) is 0 Å². The largest absolute Gasteiger partial charge is 0.307 e. The van der Waals surface area contributed by atoms with Crippen molar-refractivity contribution in [2.24, 2.45) is 5.92 Å². The molecule has 98 valence electrons. The van der Waals surface area contributed by atoms with Crippen LogP contribution in [0.1, 0.15) is 44.6 Å². The van der Waals surface area contributed by atoms with Crippen molar-refractivity contribution < 1.29 is 0 Å². The monoisotopic (exact) mass is 243 g/mol. The highest BCUT2D eigenvalue weighted by molar-refractivity contribution is 5.14. The van der Waals surface area contributed by atoms with Crippen LogP contribution in [-0.4, -0.2) is 6.04 Å². The van der Waals surface area contributed by atoms with Crippen molar-refractivity contribution in [2.45, 2.75) is 51.6 Å². The lowest BCUT2D eigenvalue weighted by Crippen LogP contribution is -2.23. The van der Waals surface area contributed by atoms with Gasteiger partial charge >= 0.3 is 0 Å².